The molecule has 4 rings (SSSR count). The summed E-state index contributed by atoms with van der Waals surface area (Å²) < 4.78 is 11.5. The largest absolute Gasteiger partial charge is 0.490 e. The molecule has 1 N–H and O–H groups in total. The average Bonchev–Trinajstić information content (AvgIpc) is 3.16. The minimum absolute atomic E-state index is 0.0344. The third kappa shape index (κ3) is 4.33. The van der Waals surface area contributed by atoms with Gasteiger partial charge in [-0.15, -0.1) is 0 Å². The van der Waals surface area contributed by atoms with Gasteiger partial charge in [-0.3, -0.25) is 4.79 Å². The summed E-state index contributed by atoms with van der Waals surface area (Å²) in [5, 5.41) is 3.11. The van der Waals surface area contributed by atoms with Crippen molar-refractivity contribution in [2.45, 2.75) is 44.2 Å². The molecule has 2 saturated heterocycles. The molecular weight excluding hydrogens is 316 g/mol. The van der Waals surface area contributed by atoms with Gasteiger partial charge in [0.2, 0.25) is 0 Å². The second-order valence-corrected chi connectivity index (χ2v) is 7.53. The number of hydrogen-bond donors (Lipinski definition) is 1. The number of para-hydroxylation sites is 1. The van der Waals surface area contributed by atoms with Crippen LogP contribution in [0.4, 0.5) is 0 Å². The number of carbonyl (C=O) groups excluding carboxylic acids is 1. The van der Waals surface area contributed by atoms with E-state index in [1.165, 1.54) is 25.8 Å². The highest BCUT2D eigenvalue weighted by Crippen LogP contribution is 2.31. The van der Waals surface area contributed by atoms with Crippen LogP contribution in [0.5, 0.6) is 5.75 Å². The van der Waals surface area contributed by atoms with E-state index in [0.717, 1.165) is 38.6 Å². The number of benzene rings is 1. The Morgan fingerprint density at radius 3 is 2.92 bits per heavy atom. The van der Waals surface area contributed by atoms with Crippen molar-refractivity contribution in [2.24, 2.45) is 5.92 Å². The van der Waals surface area contributed by atoms with Crippen molar-refractivity contribution in [2.75, 3.05) is 32.8 Å². The molecule has 1 aromatic carbocycles. The van der Waals surface area contributed by atoms with Crippen LogP contribution < -0.4 is 10.1 Å². The molecule has 1 aliphatic carbocycles. The van der Waals surface area contributed by atoms with Crippen LogP contribution in [0.15, 0.2) is 24.3 Å². The van der Waals surface area contributed by atoms with Gasteiger partial charge < -0.3 is 19.7 Å². The van der Waals surface area contributed by atoms with Crippen LogP contribution in [0.3, 0.4) is 0 Å². The Balaban J connectivity index is 1.28. The van der Waals surface area contributed by atoms with E-state index in [1.807, 2.05) is 24.3 Å². The van der Waals surface area contributed by atoms with Crippen molar-refractivity contribution in [3.05, 3.63) is 29.8 Å². The van der Waals surface area contributed by atoms with Gasteiger partial charge in [-0.2, -0.15) is 0 Å². The summed E-state index contributed by atoms with van der Waals surface area (Å²) in [6, 6.07) is 8.33. The lowest BCUT2D eigenvalue weighted by Crippen LogP contribution is -2.31. The molecule has 0 spiro atoms. The average molecular weight is 344 g/mol. The van der Waals surface area contributed by atoms with Crippen molar-refractivity contribution in [1.29, 1.82) is 0 Å². The number of carbonyl (C=O) groups is 1. The minimum atomic E-state index is -0.0344. The maximum Gasteiger partial charge on any atom is 0.255 e. The molecule has 2 aliphatic heterocycles. The van der Waals surface area contributed by atoms with E-state index in [1.54, 1.807) is 0 Å². The maximum atomic E-state index is 12.6. The Labute approximate surface area is 149 Å². The summed E-state index contributed by atoms with van der Waals surface area (Å²) >= 11 is 0. The molecule has 3 fully saturated rings. The van der Waals surface area contributed by atoms with Crippen LogP contribution in [0, 0.1) is 5.92 Å². The first-order valence-electron chi connectivity index (χ1n) is 9.65. The first-order chi connectivity index (χ1) is 12.3. The molecule has 136 valence electrons. The summed E-state index contributed by atoms with van der Waals surface area (Å²) in [5.74, 6) is 1.19. The lowest BCUT2D eigenvalue weighted by atomic mass is 10.1. The molecule has 0 radical (unpaired) electrons. The van der Waals surface area contributed by atoms with Crippen molar-refractivity contribution in [3.63, 3.8) is 0 Å². The van der Waals surface area contributed by atoms with Gasteiger partial charge in [0.1, 0.15) is 12.4 Å². The molecule has 0 bridgehead atoms. The molecule has 2 atom stereocenters. The van der Waals surface area contributed by atoms with E-state index >= 15 is 0 Å². The molecule has 1 aromatic rings. The summed E-state index contributed by atoms with van der Waals surface area (Å²) in [6.45, 7) is 4.40. The van der Waals surface area contributed by atoms with Crippen molar-refractivity contribution < 1.29 is 14.3 Å². The quantitative estimate of drug-likeness (QED) is 0.825. The van der Waals surface area contributed by atoms with Crippen LogP contribution in [0.1, 0.15) is 42.5 Å². The number of nitrogens with zero attached hydrogens (tertiary/aromatic N) is 1. The molecule has 5 nitrogen and oxygen atoms in total. The zero-order valence-corrected chi connectivity index (χ0v) is 14.8. The van der Waals surface area contributed by atoms with Gasteiger partial charge >= 0.3 is 0 Å². The van der Waals surface area contributed by atoms with Gasteiger partial charge in [-0.25, -0.2) is 0 Å². The van der Waals surface area contributed by atoms with E-state index < -0.39 is 0 Å². The molecule has 5 heteroatoms. The Bertz CT molecular complexity index is 596. The fraction of sp³-hybridized carbons (Fsp3) is 0.650. The molecule has 0 unspecified atom stereocenters. The Kier molecular flexibility index (Phi) is 5.22. The fourth-order valence-electron chi connectivity index (χ4n) is 3.87. The van der Waals surface area contributed by atoms with E-state index in [0.29, 0.717) is 23.8 Å². The maximum absolute atomic E-state index is 12.6. The fourth-order valence-corrected chi connectivity index (χ4v) is 3.87. The second-order valence-electron chi connectivity index (χ2n) is 7.53. The molecule has 3 aliphatic rings. The Hall–Kier alpha value is -1.59. The molecule has 25 heavy (non-hydrogen) atoms. The minimum Gasteiger partial charge on any atom is -0.490 e. The van der Waals surface area contributed by atoms with Crippen molar-refractivity contribution >= 4 is 5.91 Å². The number of hydrogen-bond acceptors (Lipinski definition) is 4. The van der Waals surface area contributed by atoms with E-state index in [2.05, 4.69) is 10.2 Å². The van der Waals surface area contributed by atoms with Gasteiger partial charge in [-0.1, -0.05) is 12.1 Å². The third-order valence-electron chi connectivity index (χ3n) is 5.51. The second kappa shape index (κ2) is 7.75. The molecule has 0 aromatic heterocycles. The zero-order valence-electron chi connectivity index (χ0n) is 14.8. The number of likely N-dealkylation sites (tertiary alicyclic amines) is 1. The van der Waals surface area contributed by atoms with Crippen LogP contribution >= 0.6 is 0 Å². The van der Waals surface area contributed by atoms with Crippen LogP contribution in [0.2, 0.25) is 0 Å². The topological polar surface area (TPSA) is 50.8 Å². The van der Waals surface area contributed by atoms with Crippen molar-refractivity contribution in [1.82, 2.24) is 10.2 Å². The monoisotopic (exact) mass is 344 g/mol. The third-order valence-corrected chi connectivity index (χ3v) is 5.51. The molecule has 1 saturated carbocycles. The van der Waals surface area contributed by atoms with Crippen LogP contribution in [0.25, 0.3) is 0 Å². The van der Waals surface area contributed by atoms with Gasteiger partial charge in [-0.05, 0) is 56.7 Å². The highest BCUT2D eigenvalue weighted by molar-refractivity contribution is 5.96. The van der Waals surface area contributed by atoms with E-state index in [-0.39, 0.29) is 12.0 Å². The normalized spacial score (nSPS) is 26.7. The summed E-state index contributed by atoms with van der Waals surface area (Å²) in [7, 11) is 0. The van der Waals surface area contributed by atoms with Gasteiger partial charge in [0.15, 0.2) is 0 Å². The number of nitrogens with one attached hydrogen (secondary N) is 1. The Morgan fingerprint density at radius 2 is 2.12 bits per heavy atom. The lowest BCUT2D eigenvalue weighted by molar-refractivity contribution is 0.0670. The van der Waals surface area contributed by atoms with Crippen LogP contribution in [-0.2, 0) is 4.74 Å². The van der Waals surface area contributed by atoms with Gasteiger partial charge in [0.05, 0.1) is 11.7 Å². The number of amides is 1. The predicted octanol–water partition coefficient (Wildman–Crippen LogP) is 2.46. The highest BCUT2D eigenvalue weighted by atomic mass is 16.5. The molecular formula is C20H28N2O3. The molecule has 2 heterocycles. The Morgan fingerprint density at radius 1 is 1.24 bits per heavy atom. The number of ether oxygens (including phenoxy) is 2. The lowest BCUT2D eigenvalue weighted by Gasteiger charge is -2.16. The number of rotatable bonds is 7. The van der Waals surface area contributed by atoms with E-state index in [4.69, 9.17) is 9.47 Å². The van der Waals surface area contributed by atoms with E-state index in [9.17, 15) is 4.79 Å². The summed E-state index contributed by atoms with van der Waals surface area (Å²) in [6.07, 6.45) is 6.18. The van der Waals surface area contributed by atoms with Gasteiger partial charge in [0, 0.05) is 25.7 Å². The van der Waals surface area contributed by atoms with Crippen LogP contribution in [-0.4, -0.2) is 55.8 Å². The summed E-state index contributed by atoms with van der Waals surface area (Å²) in [5.41, 5.74) is 0.623. The predicted molar refractivity (Wildman–Crippen MR) is 95.9 cm³/mol. The first kappa shape index (κ1) is 16.9. The summed E-state index contributed by atoms with van der Waals surface area (Å²) in [4.78, 5) is 15.2. The SMILES string of the molecule is O=C(NC[C@H]1CCN(C2CC2)C1)c1ccccc1OC[C@H]1CCCO1. The smallest absolute Gasteiger partial charge is 0.255 e. The molecule has 1 amide bonds. The zero-order chi connectivity index (χ0) is 17.1. The highest BCUT2D eigenvalue weighted by Gasteiger charge is 2.34. The standard InChI is InChI=1S/C20H28N2O3/c23-20(21-12-15-9-10-22(13-15)16-7-8-16)18-5-1-2-6-19(18)25-14-17-4-3-11-24-17/h1-2,5-6,15-17H,3-4,7-14H2,(H,21,23)/t15-,17-/m1/s1. The first-order valence-corrected chi connectivity index (χ1v) is 9.65. The van der Waals surface area contributed by atoms with Crippen molar-refractivity contribution in [3.8, 4) is 5.75 Å². The van der Waals surface area contributed by atoms with Gasteiger partial charge in [0.25, 0.3) is 5.91 Å².